The molecule has 0 saturated heterocycles. The van der Waals surface area contributed by atoms with Gasteiger partial charge in [0.2, 0.25) is 0 Å². The van der Waals surface area contributed by atoms with Gasteiger partial charge in [-0.2, -0.15) is 0 Å². The van der Waals surface area contributed by atoms with Crippen molar-refractivity contribution in [1.82, 2.24) is 4.98 Å². The second-order valence-electron chi connectivity index (χ2n) is 4.33. The summed E-state index contributed by atoms with van der Waals surface area (Å²) < 4.78 is 0. The van der Waals surface area contributed by atoms with E-state index in [0.29, 0.717) is 12.0 Å². The topological polar surface area (TPSA) is 37.0 Å². The van der Waals surface area contributed by atoms with E-state index in [0.717, 1.165) is 18.1 Å². The van der Waals surface area contributed by atoms with E-state index in [4.69, 9.17) is 0 Å². The van der Waals surface area contributed by atoms with Crippen LogP contribution in [0.25, 0.3) is 0 Å². The summed E-state index contributed by atoms with van der Waals surface area (Å²) in [6.45, 7) is 6.65. The molecule has 0 bridgehead atoms. The van der Waals surface area contributed by atoms with Gasteiger partial charge < -0.3 is 10.6 Å². The first-order valence-electron chi connectivity index (χ1n) is 5.53. The van der Waals surface area contributed by atoms with E-state index in [-0.39, 0.29) is 0 Å². The van der Waals surface area contributed by atoms with E-state index in [9.17, 15) is 0 Å². The molecule has 3 nitrogen and oxygen atoms in total. The second kappa shape index (κ2) is 5.59. The van der Waals surface area contributed by atoms with Gasteiger partial charge in [-0.15, -0.1) is 0 Å². The van der Waals surface area contributed by atoms with Gasteiger partial charge in [-0.3, -0.25) is 0 Å². The zero-order chi connectivity index (χ0) is 11.3. The summed E-state index contributed by atoms with van der Waals surface area (Å²) in [5.74, 6) is 2.55. The van der Waals surface area contributed by atoms with Crippen LogP contribution in [0.5, 0.6) is 0 Å². The monoisotopic (exact) mass is 207 g/mol. The molecule has 0 saturated carbocycles. The maximum atomic E-state index is 4.42. The predicted octanol–water partition coefficient (Wildman–Crippen LogP) is 2.97. The highest BCUT2D eigenvalue weighted by atomic mass is 15.1. The van der Waals surface area contributed by atoms with Crippen molar-refractivity contribution in [3.8, 4) is 0 Å². The summed E-state index contributed by atoms with van der Waals surface area (Å²) in [6.07, 6.45) is 1.16. The molecule has 0 spiro atoms. The lowest BCUT2D eigenvalue weighted by atomic mass is 10.1. The molecule has 15 heavy (non-hydrogen) atoms. The molecule has 1 atom stereocenters. The lowest BCUT2D eigenvalue weighted by molar-refractivity contribution is 0.539. The van der Waals surface area contributed by atoms with E-state index in [1.165, 1.54) is 0 Å². The molecule has 0 aliphatic heterocycles. The Bertz CT molecular complexity index is 297. The van der Waals surface area contributed by atoms with Gasteiger partial charge in [0.25, 0.3) is 0 Å². The van der Waals surface area contributed by atoms with Crippen LogP contribution in [0, 0.1) is 5.92 Å². The molecule has 2 N–H and O–H groups in total. The first-order valence-corrected chi connectivity index (χ1v) is 5.53. The Morgan fingerprint density at radius 3 is 2.47 bits per heavy atom. The largest absolute Gasteiger partial charge is 0.373 e. The predicted molar refractivity (Wildman–Crippen MR) is 66.3 cm³/mol. The van der Waals surface area contributed by atoms with Crippen molar-refractivity contribution in [3.05, 3.63) is 18.2 Å². The first-order chi connectivity index (χ1) is 7.11. The Labute approximate surface area is 92.3 Å². The normalized spacial score (nSPS) is 12.6. The molecule has 1 aromatic heterocycles. The van der Waals surface area contributed by atoms with Crippen LogP contribution in [0.2, 0.25) is 0 Å². The Balaban J connectivity index is 2.55. The average molecular weight is 207 g/mol. The van der Waals surface area contributed by atoms with Gasteiger partial charge in [-0.1, -0.05) is 19.9 Å². The number of nitrogens with zero attached hydrogens (tertiary/aromatic N) is 1. The third-order valence-corrected chi connectivity index (χ3v) is 2.22. The number of rotatable bonds is 5. The molecule has 0 aliphatic rings. The summed E-state index contributed by atoms with van der Waals surface area (Å²) >= 11 is 0. The second-order valence-corrected chi connectivity index (χ2v) is 4.33. The zero-order valence-corrected chi connectivity index (χ0v) is 10.0. The Morgan fingerprint density at radius 1 is 1.20 bits per heavy atom. The van der Waals surface area contributed by atoms with Crippen LogP contribution in [0.3, 0.4) is 0 Å². The van der Waals surface area contributed by atoms with Crippen LogP contribution >= 0.6 is 0 Å². The molecule has 84 valence electrons. The number of hydrogen-bond donors (Lipinski definition) is 2. The number of hydrogen-bond acceptors (Lipinski definition) is 3. The van der Waals surface area contributed by atoms with Gasteiger partial charge in [0.05, 0.1) is 0 Å². The van der Waals surface area contributed by atoms with E-state index in [2.05, 4.69) is 36.4 Å². The summed E-state index contributed by atoms with van der Waals surface area (Å²) in [4.78, 5) is 4.42. The van der Waals surface area contributed by atoms with Crippen LogP contribution in [-0.4, -0.2) is 18.1 Å². The fraction of sp³-hybridized carbons (Fsp3) is 0.583. The van der Waals surface area contributed by atoms with E-state index in [1.54, 1.807) is 0 Å². The van der Waals surface area contributed by atoms with Crippen molar-refractivity contribution in [2.45, 2.75) is 33.2 Å². The Morgan fingerprint density at radius 2 is 1.87 bits per heavy atom. The number of pyridine rings is 1. The minimum absolute atomic E-state index is 0.463. The van der Waals surface area contributed by atoms with Gasteiger partial charge in [0, 0.05) is 13.1 Å². The smallest absolute Gasteiger partial charge is 0.128 e. The van der Waals surface area contributed by atoms with Crippen molar-refractivity contribution < 1.29 is 0 Å². The fourth-order valence-corrected chi connectivity index (χ4v) is 1.67. The molecule has 1 heterocycles. The van der Waals surface area contributed by atoms with Gasteiger partial charge in [-0.05, 0) is 31.4 Å². The summed E-state index contributed by atoms with van der Waals surface area (Å²) in [7, 11) is 1.88. The number of anilines is 2. The zero-order valence-electron chi connectivity index (χ0n) is 10.0. The van der Waals surface area contributed by atoms with E-state index < -0.39 is 0 Å². The van der Waals surface area contributed by atoms with Gasteiger partial charge >= 0.3 is 0 Å². The molecule has 0 amide bonds. The molecular formula is C12H21N3. The summed E-state index contributed by atoms with van der Waals surface area (Å²) in [5, 5.41) is 6.43. The van der Waals surface area contributed by atoms with Crippen molar-refractivity contribution in [1.29, 1.82) is 0 Å². The molecule has 3 heteroatoms. The molecule has 0 fully saturated rings. The minimum Gasteiger partial charge on any atom is -0.373 e. The first kappa shape index (κ1) is 11.8. The molecule has 0 radical (unpaired) electrons. The molecule has 0 aromatic carbocycles. The third kappa shape index (κ3) is 4.19. The minimum atomic E-state index is 0.463. The molecule has 1 rings (SSSR count). The Hall–Kier alpha value is -1.25. The molecular weight excluding hydrogens is 186 g/mol. The summed E-state index contributed by atoms with van der Waals surface area (Å²) in [5.41, 5.74) is 0. The van der Waals surface area contributed by atoms with Crippen molar-refractivity contribution in [2.24, 2.45) is 5.92 Å². The maximum absolute atomic E-state index is 4.42. The fourth-order valence-electron chi connectivity index (χ4n) is 1.67. The number of aromatic nitrogens is 1. The SMILES string of the molecule is CNc1cccc(NC(C)CC(C)C)n1. The number of nitrogens with one attached hydrogen (secondary N) is 2. The molecule has 0 aliphatic carbocycles. The molecule has 1 aromatic rings. The highest BCUT2D eigenvalue weighted by molar-refractivity contribution is 5.45. The quantitative estimate of drug-likeness (QED) is 0.779. The highest BCUT2D eigenvalue weighted by Crippen LogP contribution is 2.12. The van der Waals surface area contributed by atoms with E-state index >= 15 is 0 Å². The molecule has 1 unspecified atom stereocenters. The van der Waals surface area contributed by atoms with Crippen molar-refractivity contribution >= 4 is 11.6 Å². The third-order valence-electron chi connectivity index (χ3n) is 2.22. The lowest BCUT2D eigenvalue weighted by Crippen LogP contribution is -2.18. The summed E-state index contributed by atoms with van der Waals surface area (Å²) in [6, 6.07) is 6.42. The van der Waals surface area contributed by atoms with Crippen molar-refractivity contribution in [3.63, 3.8) is 0 Å². The van der Waals surface area contributed by atoms with Gasteiger partial charge in [0.15, 0.2) is 0 Å². The average Bonchev–Trinajstić information content (AvgIpc) is 2.16. The van der Waals surface area contributed by atoms with Gasteiger partial charge in [0.1, 0.15) is 11.6 Å². The maximum Gasteiger partial charge on any atom is 0.128 e. The van der Waals surface area contributed by atoms with Crippen LogP contribution in [0.4, 0.5) is 11.6 Å². The van der Waals surface area contributed by atoms with Crippen LogP contribution in [0.1, 0.15) is 27.2 Å². The highest BCUT2D eigenvalue weighted by Gasteiger charge is 2.05. The van der Waals surface area contributed by atoms with E-state index in [1.807, 2.05) is 25.2 Å². The van der Waals surface area contributed by atoms with Crippen molar-refractivity contribution in [2.75, 3.05) is 17.7 Å². The standard InChI is InChI=1S/C12H21N3/c1-9(2)8-10(3)14-12-7-5-6-11(13-4)15-12/h5-7,9-10H,8H2,1-4H3,(H2,13,14,15). The van der Waals surface area contributed by atoms with Crippen LogP contribution in [-0.2, 0) is 0 Å². The lowest BCUT2D eigenvalue weighted by Gasteiger charge is -2.16. The Kier molecular flexibility index (Phi) is 4.40. The van der Waals surface area contributed by atoms with Crippen LogP contribution < -0.4 is 10.6 Å². The van der Waals surface area contributed by atoms with Gasteiger partial charge in [-0.25, -0.2) is 4.98 Å². The van der Waals surface area contributed by atoms with Crippen LogP contribution in [0.15, 0.2) is 18.2 Å².